The van der Waals surface area contributed by atoms with Gasteiger partial charge in [-0.05, 0) is 29.8 Å². The first kappa shape index (κ1) is 13.0. The van der Waals surface area contributed by atoms with Crippen molar-refractivity contribution < 1.29 is 18.3 Å². The molecule has 2 rings (SSSR count). The summed E-state index contributed by atoms with van der Waals surface area (Å²) in [6.45, 7) is 0. The molecule has 0 radical (unpaired) electrons. The Bertz CT molecular complexity index is 618. The molecule has 0 saturated heterocycles. The van der Waals surface area contributed by atoms with Gasteiger partial charge in [0.25, 0.3) is 0 Å². The fourth-order valence-electron chi connectivity index (χ4n) is 1.77. The number of carbonyl (C=O) groups excluding carboxylic acids is 1. The van der Waals surface area contributed by atoms with Crippen LogP contribution in [0, 0.1) is 11.6 Å². The van der Waals surface area contributed by atoms with Gasteiger partial charge in [0.15, 0.2) is 0 Å². The van der Waals surface area contributed by atoms with Gasteiger partial charge in [-0.25, -0.2) is 8.78 Å². The summed E-state index contributed by atoms with van der Waals surface area (Å²) in [6, 6.07) is 8.17. The zero-order chi connectivity index (χ0) is 14.0. The maximum atomic E-state index is 13.9. The number of halogens is 2. The van der Waals surface area contributed by atoms with Gasteiger partial charge in [0.05, 0.1) is 12.7 Å². The van der Waals surface area contributed by atoms with E-state index in [0.717, 1.165) is 12.1 Å². The van der Waals surface area contributed by atoms with Crippen LogP contribution in [0.1, 0.15) is 10.4 Å². The molecular weight excluding hydrogens is 252 g/mol. The average molecular weight is 263 g/mol. The van der Waals surface area contributed by atoms with E-state index in [4.69, 9.17) is 10.5 Å². The molecule has 0 saturated carbocycles. The Kier molecular flexibility index (Phi) is 3.46. The van der Waals surface area contributed by atoms with Gasteiger partial charge in [0.1, 0.15) is 17.4 Å². The normalized spacial score (nSPS) is 10.3. The monoisotopic (exact) mass is 263 g/mol. The molecule has 0 aliphatic rings. The lowest BCUT2D eigenvalue weighted by molar-refractivity contribution is 0.0999. The Morgan fingerprint density at radius 2 is 1.79 bits per heavy atom. The van der Waals surface area contributed by atoms with E-state index < -0.39 is 17.5 Å². The SMILES string of the molecule is COc1cccc(-c2c(F)cc(C(N)=O)cc2F)c1. The van der Waals surface area contributed by atoms with Gasteiger partial charge >= 0.3 is 0 Å². The Morgan fingerprint density at radius 3 is 2.32 bits per heavy atom. The van der Waals surface area contributed by atoms with E-state index in [1.54, 1.807) is 18.2 Å². The van der Waals surface area contributed by atoms with Crippen LogP contribution < -0.4 is 10.5 Å². The van der Waals surface area contributed by atoms with E-state index in [2.05, 4.69) is 0 Å². The third-order valence-corrected chi connectivity index (χ3v) is 2.69. The first-order valence-corrected chi connectivity index (χ1v) is 5.46. The second-order valence-electron chi connectivity index (χ2n) is 3.91. The van der Waals surface area contributed by atoms with E-state index in [9.17, 15) is 13.6 Å². The molecule has 2 aromatic carbocycles. The van der Waals surface area contributed by atoms with Crippen molar-refractivity contribution in [2.45, 2.75) is 0 Å². The molecule has 0 fully saturated rings. The third kappa shape index (κ3) is 2.54. The lowest BCUT2D eigenvalue weighted by Crippen LogP contribution is -2.12. The van der Waals surface area contributed by atoms with Crippen molar-refractivity contribution in [2.75, 3.05) is 7.11 Å². The van der Waals surface area contributed by atoms with E-state index in [1.807, 2.05) is 0 Å². The molecule has 0 atom stereocenters. The number of amides is 1. The Balaban J connectivity index is 2.59. The van der Waals surface area contributed by atoms with E-state index >= 15 is 0 Å². The summed E-state index contributed by atoms with van der Waals surface area (Å²) in [4.78, 5) is 10.9. The number of rotatable bonds is 3. The van der Waals surface area contributed by atoms with Gasteiger partial charge in [0.2, 0.25) is 5.91 Å². The highest BCUT2D eigenvalue weighted by molar-refractivity contribution is 5.93. The first-order valence-electron chi connectivity index (χ1n) is 5.46. The van der Waals surface area contributed by atoms with Crippen molar-refractivity contribution in [2.24, 2.45) is 5.73 Å². The molecule has 0 aliphatic heterocycles. The van der Waals surface area contributed by atoms with Gasteiger partial charge in [-0.2, -0.15) is 0 Å². The van der Waals surface area contributed by atoms with Crippen LogP contribution in [-0.4, -0.2) is 13.0 Å². The zero-order valence-electron chi connectivity index (χ0n) is 10.1. The standard InChI is InChI=1S/C14H11F2NO2/c1-19-10-4-2-3-8(5-10)13-11(15)6-9(14(17)18)7-12(13)16/h2-7H,1H3,(H2,17,18). The maximum Gasteiger partial charge on any atom is 0.248 e. The number of benzene rings is 2. The minimum atomic E-state index is -0.880. The predicted octanol–water partition coefficient (Wildman–Crippen LogP) is 2.74. The quantitative estimate of drug-likeness (QED) is 0.925. The predicted molar refractivity (Wildman–Crippen MR) is 66.9 cm³/mol. The highest BCUT2D eigenvalue weighted by Gasteiger charge is 2.15. The summed E-state index contributed by atoms with van der Waals surface area (Å²) >= 11 is 0. The molecule has 5 heteroatoms. The van der Waals surface area contributed by atoms with Crippen LogP contribution in [0.5, 0.6) is 5.75 Å². The molecule has 0 unspecified atom stereocenters. The zero-order valence-corrected chi connectivity index (χ0v) is 10.1. The number of hydrogen-bond acceptors (Lipinski definition) is 2. The van der Waals surface area contributed by atoms with Gasteiger partial charge < -0.3 is 10.5 Å². The second kappa shape index (κ2) is 5.06. The number of methoxy groups -OCH3 is 1. The van der Waals surface area contributed by atoms with Gasteiger partial charge in [0, 0.05) is 5.56 Å². The summed E-state index contributed by atoms with van der Waals surface area (Å²) in [6.07, 6.45) is 0. The van der Waals surface area contributed by atoms with Gasteiger partial charge in [-0.3, -0.25) is 4.79 Å². The molecule has 2 N–H and O–H groups in total. The molecule has 19 heavy (non-hydrogen) atoms. The van der Waals surface area contributed by atoms with Crippen LogP contribution in [0.25, 0.3) is 11.1 Å². The molecule has 2 aromatic rings. The van der Waals surface area contributed by atoms with Crippen molar-refractivity contribution >= 4 is 5.91 Å². The molecule has 0 bridgehead atoms. The molecule has 98 valence electrons. The number of nitrogens with two attached hydrogens (primary N) is 1. The number of carbonyl (C=O) groups is 1. The molecular formula is C14H11F2NO2. The summed E-state index contributed by atoms with van der Waals surface area (Å²) in [5, 5.41) is 0. The molecule has 1 amide bonds. The minimum Gasteiger partial charge on any atom is -0.497 e. The minimum absolute atomic E-state index is 0.207. The number of primary amides is 1. The summed E-state index contributed by atoms with van der Waals surface area (Å²) < 4.78 is 32.8. The van der Waals surface area contributed by atoms with Crippen LogP contribution >= 0.6 is 0 Å². The highest BCUT2D eigenvalue weighted by atomic mass is 19.1. The maximum absolute atomic E-state index is 13.9. The summed E-state index contributed by atoms with van der Waals surface area (Å²) in [5.74, 6) is -2.09. The van der Waals surface area contributed by atoms with Crippen molar-refractivity contribution in [1.29, 1.82) is 0 Å². The van der Waals surface area contributed by atoms with Crippen molar-refractivity contribution in [3.05, 3.63) is 53.6 Å². The summed E-state index contributed by atoms with van der Waals surface area (Å²) in [5.41, 5.74) is 4.89. The van der Waals surface area contributed by atoms with Gasteiger partial charge in [-0.1, -0.05) is 12.1 Å². The highest BCUT2D eigenvalue weighted by Crippen LogP contribution is 2.29. The number of ether oxygens (including phenoxy) is 1. The fourth-order valence-corrected chi connectivity index (χ4v) is 1.77. The lowest BCUT2D eigenvalue weighted by atomic mass is 10.0. The molecule has 0 spiro atoms. The second-order valence-corrected chi connectivity index (χ2v) is 3.91. The van der Waals surface area contributed by atoms with Crippen LogP contribution in [0.4, 0.5) is 8.78 Å². The Labute approximate surface area is 108 Å². The van der Waals surface area contributed by atoms with E-state index in [-0.39, 0.29) is 11.1 Å². The molecule has 0 heterocycles. The van der Waals surface area contributed by atoms with Crippen LogP contribution in [0.2, 0.25) is 0 Å². The van der Waals surface area contributed by atoms with E-state index in [0.29, 0.717) is 11.3 Å². The molecule has 3 nitrogen and oxygen atoms in total. The summed E-state index contributed by atoms with van der Waals surface area (Å²) in [7, 11) is 1.46. The lowest BCUT2D eigenvalue weighted by Gasteiger charge is -2.08. The third-order valence-electron chi connectivity index (χ3n) is 2.69. The first-order chi connectivity index (χ1) is 9.02. The smallest absolute Gasteiger partial charge is 0.248 e. The van der Waals surface area contributed by atoms with E-state index in [1.165, 1.54) is 13.2 Å². The van der Waals surface area contributed by atoms with Crippen molar-refractivity contribution in [1.82, 2.24) is 0 Å². The Hall–Kier alpha value is -2.43. The van der Waals surface area contributed by atoms with Crippen molar-refractivity contribution in [3.8, 4) is 16.9 Å². The van der Waals surface area contributed by atoms with Crippen LogP contribution in [0.15, 0.2) is 36.4 Å². The van der Waals surface area contributed by atoms with Crippen molar-refractivity contribution in [3.63, 3.8) is 0 Å². The van der Waals surface area contributed by atoms with Crippen LogP contribution in [-0.2, 0) is 0 Å². The topological polar surface area (TPSA) is 52.3 Å². The molecule has 0 aliphatic carbocycles. The number of hydrogen-bond donors (Lipinski definition) is 1. The fraction of sp³-hybridized carbons (Fsp3) is 0.0714. The Morgan fingerprint density at radius 1 is 1.16 bits per heavy atom. The largest absolute Gasteiger partial charge is 0.497 e. The van der Waals surface area contributed by atoms with Gasteiger partial charge in [-0.15, -0.1) is 0 Å². The molecule has 0 aromatic heterocycles. The average Bonchev–Trinajstić information content (AvgIpc) is 2.38. The van der Waals surface area contributed by atoms with Crippen LogP contribution in [0.3, 0.4) is 0 Å².